The second kappa shape index (κ2) is 10.0. The van der Waals surface area contributed by atoms with Gasteiger partial charge in [0.2, 0.25) is 0 Å². The van der Waals surface area contributed by atoms with Crippen LogP contribution in [-0.4, -0.2) is 28.8 Å². The van der Waals surface area contributed by atoms with Crippen molar-refractivity contribution < 1.29 is 9.84 Å². The summed E-state index contributed by atoms with van der Waals surface area (Å²) in [6.45, 7) is 4.17. The van der Waals surface area contributed by atoms with E-state index in [0.29, 0.717) is 0 Å². The van der Waals surface area contributed by atoms with E-state index in [4.69, 9.17) is 4.74 Å². The SMILES string of the molecule is CCCCC(O)CCCC1(Nc2ccnc(C)c2OC)CCCCC1. The number of hydrogen-bond donors (Lipinski definition) is 2. The second-order valence-electron chi connectivity index (χ2n) is 7.63. The molecule has 1 aromatic rings. The van der Waals surface area contributed by atoms with Gasteiger partial charge < -0.3 is 15.2 Å². The van der Waals surface area contributed by atoms with E-state index in [-0.39, 0.29) is 11.6 Å². The maximum Gasteiger partial charge on any atom is 0.163 e. The first-order chi connectivity index (χ1) is 12.1. The summed E-state index contributed by atoms with van der Waals surface area (Å²) in [4.78, 5) is 4.34. The molecule has 0 aromatic carbocycles. The quantitative estimate of drug-likeness (QED) is 0.607. The third-order valence-corrected chi connectivity index (χ3v) is 5.58. The molecule has 0 spiro atoms. The molecule has 2 rings (SSSR count). The molecule has 142 valence electrons. The van der Waals surface area contributed by atoms with Gasteiger partial charge in [-0.15, -0.1) is 0 Å². The largest absolute Gasteiger partial charge is 0.493 e. The van der Waals surface area contributed by atoms with Crippen LogP contribution in [0.3, 0.4) is 0 Å². The molecular weight excluding hydrogens is 312 g/mol. The number of aryl methyl sites for hydroxylation is 1. The summed E-state index contributed by atoms with van der Waals surface area (Å²) >= 11 is 0. The fourth-order valence-corrected chi connectivity index (χ4v) is 4.12. The summed E-state index contributed by atoms with van der Waals surface area (Å²) in [6.07, 6.45) is 14.3. The topological polar surface area (TPSA) is 54.4 Å². The van der Waals surface area contributed by atoms with Gasteiger partial charge in [-0.2, -0.15) is 0 Å². The van der Waals surface area contributed by atoms with E-state index in [2.05, 4.69) is 17.2 Å². The Morgan fingerprint density at radius 1 is 1.24 bits per heavy atom. The highest BCUT2D eigenvalue weighted by Crippen LogP contribution is 2.38. The average molecular weight is 349 g/mol. The molecule has 0 bridgehead atoms. The molecule has 25 heavy (non-hydrogen) atoms. The predicted molar refractivity (Wildman–Crippen MR) is 104 cm³/mol. The number of methoxy groups -OCH3 is 1. The Balaban J connectivity index is 2.01. The number of unbranched alkanes of at least 4 members (excludes halogenated alkanes) is 1. The Hall–Kier alpha value is -1.29. The molecule has 1 heterocycles. The Morgan fingerprint density at radius 3 is 2.64 bits per heavy atom. The Bertz CT molecular complexity index is 513. The summed E-state index contributed by atoms with van der Waals surface area (Å²) in [5, 5.41) is 14.0. The molecule has 0 amide bonds. The summed E-state index contributed by atoms with van der Waals surface area (Å²) < 4.78 is 5.58. The lowest BCUT2D eigenvalue weighted by molar-refractivity contribution is 0.143. The summed E-state index contributed by atoms with van der Waals surface area (Å²) in [6, 6.07) is 2.03. The molecular formula is C21H36N2O2. The zero-order valence-electron chi connectivity index (χ0n) is 16.3. The molecule has 1 fully saturated rings. The number of aliphatic hydroxyl groups excluding tert-OH is 1. The molecule has 4 heteroatoms. The lowest BCUT2D eigenvalue weighted by atomic mass is 9.77. The lowest BCUT2D eigenvalue weighted by Gasteiger charge is -2.40. The molecule has 2 N–H and O–H groups in total. The monoisotopic (exact) mass is 348 g/mol. The predicted octanol–water partition coefficient (Wildman–Crippen LogP) is 5.23. The molecule has 1 saturated carbocycles. The van der Waals surface area contributed by atoms with Crippen molar-refractivity contribution in [3.63, 3.8) is 0 Å². The highest BCUT2D eigenvalue weighted by atomic mass is 16.5. The van der Waals surface area contributed by atoms with Crippen LogP contribution in [0.5, 0.6) is 5.75 Å². The van der Waals surface area contributed by atoms with E-state index in [1.165, 1.54) is 32.1 Å². The number of aromatic nitrogens is 1. The Kier molecular flexibility index (Phi) is 8.01. The molecule has 0 radical (unpaired) electrons. The van der Waals surface area contributed by atoms with E-state index in [0.717, 1.165) is 55.7 Å². The van der Waals surface area contributed by atoms with Crippen LogP contribution < -0.4 is 10.1 Å². The molecule has 0 saturated heterocycles. The van der Waals surface area contributed by atoms with Crippen LogP contribution in [-0.2, 0) is 0 Å². The van der Waals surface area contributed by atoms with E-state index in [9.17, 15) is 5.11 Å². The minimum atomic E-state index is -0.140. The number of nitrogens with zero attached hydrogens (tertiary/aromatic N) is 1. The van der Waals surface area contributed by atoms with E-state index in [1.807, 2.05) is 19.2 Å². The number of aliphatic hydroxyl groups is 1. The standard InChI is InChI=1S/C21H36N2O2/c1-4-5-10-18(24)11-9-15-21(13-7-6-8-14-21)23-19-12-16-22-17(2)20(19)25-3/h12,16,18,24H,4-11,13-15H2,1-3H3,(H,22,23). The number of rotatable bonds is 10. The van der Waals surface area contributed by atoms with Gasteiger partial charge in [-0.3, -0.25) is 4.98 Å². The van der Waals surface area contributed by atoms with Crippen molar-refractivity contribution in [1.29, 1.82) is 0 Å². The molecule has 1 aliphatic carbocycles. The van der Waals surface area contributed by atoms with E-state index in [1.54, 1.807) is 7.11 Å². The van der Waals surface area contributed by atoms with E-state index >= 15 is 0 Å². The number of nitrogens with one attached hydrogen (secondary N) is 1. The summed E-state index contributed by atoms with van der Waals surface area (Å²) in [5.41, 5.74) is 2.11. The first-order valence-electron chi connectivity index (χ1n) is 10.1. The summed E-state index contributed by atoms with van der Waals surface area (Å²) in [7, 11) is 1.72. The van der Waals surface area contributed by atoms with Gasteiger partial charge in [-0.25, -0.2) is 0 Å². The minimum Gasteiger partial charge on any atom is -0.493 e. The maximum absolute atomic E-state index is 10.2. The fraction of sp³-hybridized carbons (Fsp3) is 0.762. The number of ether oxygens (including phenoxy) is 1. The first kappa shape index (κ1) is 20.0. The van der Waals surface area contributed by atoms with Crippen LogP contribution in [0.25, 0.3) is 0 Å². The lowest BCUT2D eigenvalue weighted by Crippen LogP contribution is -2.40. The summed E-state index contributed by atoms with van der Waals surface area (Å²) in [5.74, 6) is 0.857. The number of hydrogen-bond acceptors (Lipinski definition) is 4. The van der Waals surface area contributed by atoms with Crippen LogP contribution in [0.15, 0.2) is 12.3 Å². The van der Waals surface area contributed by atoms with Crippen molar-refractivity contribution in [3.8, 4) is 5.75 Å². The third kappa shape index (κ3) is 5.88. The van der Waals surface area contributed by atoms with Crippen molar-refractivity contribution in [2.24, 2.45) is 0 Å². The average Bonchev–Trinajstić information content (AvgIpc) is 2.61. The molecule has 0 aliphatic heterocycles. The van der Waals surface area contributed by atoms with Gasteiger partial charge in [0.15, 0.2) is 5.75 Å². The van der Waals surface area contributed by atoms with Crippen LogP contribution >= 0.6 is 0 Å². The molecule has 1 atom stereocenters. The van der Waals surface area contributed by atoms with Gasteiger partial charge in [-0.1, -0.05) is 39.0 Å². The Morgan fingerprint density at radius 2 is 1.96 bits per heavy atom. The van der Waals surface area contributed by atoms with Gasteiger partial charge in [-0.05, 0) is 51.5 Å². The van der Waals surface area contributed by atoms with Crippen molar-refractivity contribution in [2.45, 2.75) is 96.1 Å². The molecule has 4 nitrogen and oxygen atoms in total. The fourth-order valence-electron chi connectivity index (χ4n) is 4.12. The van der Waals surface area contributed by atoms with Crippen LogP contribution in [0, 0.1) is 6.92 Å². The maximum atomic E-state index is 10.2. The van der Waals surface area contributed by atoms with Crippen LogP contribution in [0.2, 0.25) is 0 Å². The number of pyridine rings is 1. The molecule has 1 aliphatic rings. The van der Waals surface area contributed by atoms with Gasteiger partial charge in [0.05, 0.1) is 24.6 Å². The zero-order valence-corrected chi connectivity index (χ0v) is 16.3. The number of anilines is 1. The van der Waals surface area contributed by atoms with Gasteiger partial charge >= 0.3 is 0 Å². The van der Waals surface area contributed by atoms with Crippen molar-refractivity contribution >= 4 is 5.69 Å². The zero-order chi connectivity index (χ0) is 18.1. The highest BCUT2D eigenvalue weighted by Gasteiger charge is 2.32. The van der Waals surface area contributed by atoms with Crippen molar-refractivity contribution in [2.75, 3.05) is 12.4 Å². The van der Waals surface area contributed by atoms with Crippen LogP contribution in [0.4, 0.5) is 5.69 Å². The first-order valence-corrected chi connectivity index (χ1v) is 10.1. The molecule has 1 unspecified atom stereocenters. The van der Waals surface area contributed by atoms with Gasteiger partial charge in [0.25, 0.3) is 0 Å². The van der Waals surface area contributed by atoms with Crippen molar-refractivity contribution in [3.05, 3.63) is 18.0 Å². The normalized spacial score (nSPS) is 17.9. The second-order valence-corrected chi connectivity index (χ2v) is 7.63. The minimum absolute atomic E-state index is 0.129. The molecule has 1 aromatic heterocycles. The van der Waals surface area contributed by atoms with E-state index < -0.39 is 0 Å². The highest BCUT2D eigenvalue weighted by molar-refractivity contribution is 5.59. The van der Waals surface area contributed by atoms with Crippen LogP contribution in [0.1, 0.15) is 83.2 Å². The van der Waals surface area contributed by atoms with Gasteiger partial charge in [0, 0.05) is 11.7 Å². The van der Waals surface area contributed by atoms with Gasteiger partial charge in [0.1, 0.15) is 0 Å². The smallest absolute Gasteiger partial charge is 0.163 e. The third-order valence-electron chi connectivity index (χ3n) is 5.58. The van der Waals surface area contributed by atoms with Crippen molar-refractivity contribution in [1.82, 2.24) is 4.98 Å². The Labute approximate surface area is 153 Å².